The van der Waals surface area contributed by atoms with Crippen LogP contribution in [0.15, 0.2) is 89.8 Å². The standard InChI is InChI=1S/C39H43N3O6S/c1-41(2)39(44)31-11-6-10-29(22-31)30-17-19-36(48-4)37(23-30)49(45,46)40-32-18-16-28-9-7-13-35(34(28)24-32)42(25-26-14-15-26)38(43)21-27-8-5-12-33(20-27)47-3/h5-6,8,10-12,16-20,22-24,26,35,40H,7,9,13-15,21,25H2,1-4H3. The van der Waals surface area contributed by atoms with Crippen LogP contribution >= 0.6 is 0 Å². The number of hydrogen-bond acceptors (Lipinski definition) is 6. The first-order valence-corrected chi connectivity index (χ1v) is 18.1. The number of ether oxygens (including phenoxy) is 2. The minimum Gasteiger partial charge on any atom is -0.497 e. The van der Waals surface area contributed by atoms with Gasteiger partial charge >= 0.3 is 0 Å². The highest BCUT2D eigenvalue weighted by atomic mass is 32.2. The van der Waals surface area contributed by atoms with Crippen LogP contribution in [-0.2, 0) is 27.7 Å². The Bertz CT molecular complexity index is 1970. The van der Waals surface area contributed by atoms with Crippen molar-refractivity contribution in [3.8, 4) is 22.6 Å². The molecule has 0 heterocycles. The SMILES string of the molecule is COc1cccc(CC(=O)N(CC2CC2)C2CCCc3ccc(NS(=O)(=O)c4cc(-c5cccc(C(=O)N(C)C)c5)ccc4OC)cc32)c1. The van der Waals surface area contributed by atoms with E-state index in [1.807, 2.05) is 47.4 Å². The molecule has 4 aromatic carbocycles. The van der Waals surface area contributed by atoms with Gasteiger partial charge in [0.1, 0.15) is 16.4 Å². The molecule has 0 saturated heterocycles. The molecule has 2 amide bonds. The summed E-state index contributed by atoms with van der Waals surface area (Å²) >= 11 is 0. The summed E-state index contributed by atoms with van der Waals surface area (Å²) in [4.78, 5) is 30.0. The number of carbonyl (C=O) groups excluding carboxylic acids is 2. The Morgan fingerprint density at radius 3 is 2.37 bits per heavy atom. The van der Waals surface area contributed by atoms with Gasteiger partial charge in [-0.1, -0.05) is 36.4 Å². The van der Waals surface area contributed by atoms with E-state index in [0.717, 1.165) is 48.8 Å². The summed E-state index contributed by atoms with van der Waals surface area (Å²) in [5, 5.41) is 0. The van der Waals surface area contributed by atoms with Gasteiger partial charge in [0.25, 0.3) is 15.9 Å². The van der Waals surface area contributed by atoms with Crippen molar-refractivity contribution in [2.45, 2.75) is 49.5 Å². The zero-order valence-corrected chi connectivity index (χ0v) is 29.3. The molecule has 1 N–H and O–H groups in total. The second-order valence-corrected chi connectivity index (χ2v) is 14.7. The molecule has 1 unspecified atom stereocenters. The van der Waals surface area contributed by atoms with Crippen molar-refractivity contribution in [2.75, 3.05) is 39.6 Å². The summed E-state index contributed by atoms with van der Waals surface area (Å²) in [5.41, 5.74) is 5.26. The van der Waals surface area contributed by atoms with Crippen LogP contribution in [0.5, 0.6) is 11.5 Å². The van der Waals surface area contributed by atoms with E-state index in [1.165, 1.54) is 12.0 Å². The van der Waals surface area contributed by atoms with Crippen molar-refractivity contribution in [3.05, 3.63) is 107 Å². The summed E-state index contributed by atoms with van der Waals surface area (Å²) in [5.74, 6) is 1.32. The Morgan fingerprint density at radius 1 is 0.857 bits per heavy atom. The van der Waals surface area contributed by atoms with Crippen molar-refractivity contribution < 1.29 is 27.5 Å². The number of fused-ring (bicyclic) bond motifs is 1. The monoisotopic (exact) mass is 681 g/mol. The molecular weight excluding hydrogens is 639 g/mol. The number of hydrogen-bond donors (Lipinski definition) is 1. The molecule has 1 saturated carbocycles. The lowest BCUT2D eigenvalue weighted by Gasteiger charge is -2.36. The predicted molar refractivity (Wildman–Crippen MR) is 191 cm³/mol. The second kappa shape index (κ2) is 14.3. The van der Waals surface area contributed by atoms with Crippen molar-refractivity contribution >= 4 is 27.5 Å². The molecule has 1 atom stereocenters. The summed E-state index contributed by atoms with van der Waals surface area (Å²) in [6, 6.07) is 25.2. The number of sulfonamides is 1. The Hall–Kier alpha value is -4.83. The lowest BCUT2D eigenvalue weighted by Crippen LogP contribution is -2.39. The normalized spacial score (nSPS) is 15.6. The van der Waals surface area contributed by atoms with Gasteiger partial charge in [-0.3, -0.25) is 14.3 Å². The Balaban J connectivity index is 1.29. The quantitative estimate of drug-likeness (QED) is 0.178. The van der Waals surface area contributed by atoms with Gasteiger partial charge in [-0.15, -0.1) is 0 Å². The molecule has 0 spiro atoms. The molecule has 0 aliphatic heterocycles. The summed E-state index contributed by atoms with van der Waals surface area (Å²) in [7, 11) is 2.32. The van der Waals surface area contributed by atoms with Crippen molar-refractivity contribution in [2.24, 2.45) is 5.92 Å². The largest absolute Gasteiger partial charge is 0.497 e. The van der Waals surface area contributed by atoms with Crippen LogP contribution in [0.1, 0.15) is 58.8 Å². The molecule has 9 nitrogen and oxygen atoms in total. The molecule has 4 aromatic rings. The molecule has 0 bridgehead atoms. The summed E-state index contributed by atoms with van der Waals surface area (Å²) < 4.78 is 41.7. The van der Waals surface area contributed by atoms with Gasteiger partial charge in [0.05, 0.1) is 26.7 Å². The average Bonchev–Trinajstić information content (AvgIpc) is 3.94. The summed E-state index contributed by atoms with van der Waals surface area (Å²) in [6.45, 7) is 0.689. The first-order chi connectivity index (χ1) is 23.6. The molecule has 1 fully saturated rings. The third-order valence-electron chi connectivity index (χ3n) is 9.32. The van der Waals surface area contributed by atoms with Crippen molar-refractivity contribution in [1.29, 1.82) is 0 Å². The Labute approximate surface area is 288 Å². The van der Waals surface area contributed by atoms with Gasteiger partial charge in [-0.05, 0) is 114 Å². The lowest BCUT2D eigenvalue weighted by molar-refractivity contribution is -0.133. The van der Waals surface area contributed by atoms with E-state index in [4.69, 9.17) is 9.47 Å². The van der Waals surface area contributed by atoms with Crippen LogP contribution in [0.25, 0.3) is 11.1 Å². The zero-order valence-electron chi connectivity index (χ0n) is 28.4. The lowest BCUT2D eigenvalue weighted by atomic mass is 9.86. The minimum absolute atomic E-state index is 0.0186. The fraction of sp³-hybridized carbons (Fsp3) is 0.333. The Kier molecular flexibility index (Phi) is 9.96. The first kappa shape index (κ1) is 34.0. The highest BCUT2D eigenvalue weighted by Gasteiger charge is 2.34. The molecule has 10 heteroatoms. The van der Waals surface area contributed by atoms with E-state index in [9.17, 15) is 18.0 Å². The highest BCUT2D eigenvalue weighted by Crippen LogP contribution is 2.40. The van der Waals surface area contributed by atoms with Gasteiger partial charge in [-0.2, -0.15) is 0 Å². The minimum atomic E-state index is -4.11. The van der Waals surface area contributed by atoms with Gasteiger partial charge < -0.3 is 19.3 Å². The highest BCUT2D eigenvalue weighted by molar-refractivity contribution is 7.92. The number of aryl methyl sites for hydroxylation is 1. The topological polar surface area (TPSA) is 105 Å². The van der Waals surface area contributed by atoms with Gasteiger partial charge in [0, 0.05) is 31.9 Å². The summed E-state index contributed by atoms with van der Waals surface area (Å²) in [6.07, 6.45) is 5.11. The maximum atomic E-state index is 14.0. The number of benzene rings is 4. The zero-order chi connectivity index (χ0) is 34.7. The van der Waals surface area contributed by atoms with Gasteiger partial charge in [0.2, 0.25) is 5.91 Å². The van der Waals surface area contributed by atoms with Gasteiger partial charge in [-0.25, -0.2) is 8.42 Å². The molecule has 256 valence electrons. The fourth-order valence-corrected chi connectivity index (χ4v) is 7.81. The number of anilines is 1. The first-order valence-electron chi connectivity index (χ1n) is 16.6. The molecule has 6 rings (SSSR count). The van der Waals surface area contributed by atoms with E-state index in [-0.39, 0.29) is 34.9 Å². The van der Waals surface area contributed by atoms with Crippen LogP contribution in [0.3, 0.4) is 0 Å². The number of methoxy groups -OCH3 is 2. The fourth-order valence-electron chi connectivity index (χ4n) is 6.57. The molecule has 2 aliphatic rings. The van der Waals surface area contributed by atoms with E-state index in [1.54, 1.807) is 63.7 Å². The number of nitrogens with zero attached hydrogens (tertiary/aromatic N) is 2. The molecular formula is C39H43N3O6S. The smallest absolute Gasteiger partial charge is 0.265 e. The van der Waals surface area contributed by atoms with Crippen molar-refractivity contribution in [1.82, 2.24) is 9.80 Å². The third-order valence-corrected chi connectivity index (χ3v) is 10.7. The Morgan fingerprint density at radius 2 is 1.63 bits per heavy atom. The molecule has 0 aromatic heterocycles. The average molecular weight is 682 g/mol. The van der Waals surface area contributed by atoms with E-state index >= 15 is 0 Å². The predicted octanol–water partition coefficient (Wildman–Crippen LogP) is 6.73. The van der Waals surface area contributed by atoms with E-state index < -0.39 is 10.0 Å². The molecule has 49 heavy (non-hydrogen) atoms. The number of rotatable bonds is 12. The third kappa shape index (κ3) is 7.75. The van der Waals surface area contributed by atoms with Gasteiger partial charge in [0.15, 0.2) is 0 Å². The maximum Gasteiger partial charge on any atom is 0.265 e. The van der Waals surface area contributed by atoms with Crippen LogP contribution in [-0.4, -0.2) is 64.9 Å². The van der Waals surface area contributed by atoms with Crippen LogP contribution in [0, 0.1) is 5.92 Å². The number of amides is 2. The van der Waals surface area contributed by atoms with E-state index in [2.05, 4.69) is 4.72 Å². The van der Waals surface area contributed by atoms with Crippen LogP contribution in [0.4, 0.5) is 5.69 Å². The number of nitrogens with one attached hydrogen (secondary N) is 1. The molecule has 0 radical (unpaired) electrons. The second-order valence-electron chi connectivity index (χ2n) is 13.1. The van der Waals surface area contributed by atoms with Crippen molar-refractivity contribution in [3.63, 3.8) is 0 Å². The van der Waals surface area contributed by atoms with Crippen LogP contribution < -0.4 is 14.2 Å². The van der Waals surface area contributed by atoms with Crippen LogP contribution in [0.2, 0.25) is 0 Å². The van der Waals surface area contributed by atoms with E-state index in [0.29, 0.717) is 40.6 Å². The molecule has 2 aliphatic carbocycles. The number of carbonyl (C=O) groups is 2. The maximum absolute atomic E-state index is 14.0.